The van der Waals surface area contributed by atoms with E-state index in [2.05, 4.69) is 46.0 Å². The largest absolute Gasteiger partial charge is 0.496 e. The summed E-state index contributed by atoms with van der Waals surface area (Å²) in [4.78, 5) is 14.7. The van der Waals surface area contributed by atoms with E-state index in [1.165, 1.54) is 11.8 Å². The molecular formula is C22H24BrN3O2S. The lowest BCUT2D eigenvalue weighted by molar-refractivity contribution is -0.126. The van der Waals surface area contributed by atoms with Gasteiger partial charge in [0, 0.05) is 10.0 Å². The predicted octanol–water partition coefficient (Wildman–Crippen LogP) is 5.40. The topological polar surface area (TPSA) is 54.3 Å². The zero-order chi connectivity index (χ0) is 20.8. The number of amides is 1. The summed E-state index contributed by atoms with van der Waals surface area (Å²) in [6, 6.07) is 13.8. The Hall–Kier alpha value is -2.12. The molecule has 1 amide bonds. The first kappa shape index (κ1) is 21.6. The molecule has 1 fully saturated rings. The van der Waals surface area contributed by atoms with Gasteiger partial charge >= 0.3 is 0 Å². The summed E-state index contributed by atoms with van der Waals surface area (Å²) >= 11 is 4.96. The molecule has 1 saturated heterocycles. The highest BCUT2D eigenvalue weighted by molar-refractivity contribution is 9.10. The average molecular weight is 474 g/mol. The molecule has 1 heterocycles. The zero-order valence-corrected chi connectivity index (χ0v) is 19.2. The third-order valence-corrected chi connectivity index (χ3v) is 6.42. The molecule has 0 aliphatic carbocycles. The lowest BCUT2D eigenvalue weighted by Gasteiger charge is -2.17. The first-order chi connectivity index (χ1) is 14.0. The van der Waals surface area contributed by atoms with Crippen molar-refractivity contribution in [2.24, 2.45) is 10.2 Å². The minimum Gasteiger partial charge on any atom is -0.496 e. The summed E-state index contributed by atoms with van der Waals surface area (Å²) in [5.41, 5.74) is 3.09. The fourth-order valence-electron chi connectivity index (χ4n) is 3.08. The quantitative estimate of drug-likeness (QED) is 0.399. The number of thioether (sulfide) groups is 1. The lowest BCUT2D eigenvalue weighted by Crippen LogP contribution is -2.31. The van der Waals surface area contributed by atoms with Crippen LogP contribution in [0.3, 0.4) is 0 Å². The Bertz CT molecular complexity index is 945. The van der Waals surface area contributed by atoms with Crippen LogP contribution in [0.1, 0.15) is 36.5 Å². The fraction of sp³-hybridized carbons (Fsp3) is 0.318. The molecule has 0 spiro atoms. The Kier molecular flexibility index (Phi) is 7.50. The number of rotatable bonds is 7. The van der Waals surface area contributed by atoms with Gasteiger partial charge in [-0.2, -0.15) is 5.10 Å². The van der Waals surface area contributed by atoms with Gasteiger partial charge in [0.15, 0.2) is 5.17 Å². The molecule has 1 aliphatic heterocycles. The Morgan fingerprint density at radius 3 is 2.79 bits per heavy atom. The number of benzene rings is 2. The van der Waals surface area contributed by atoms with Crippen molar-refractivity contribution in [3.8, 4) is 5.75 Å². The van der Waals surface area contributed by atoms with Gasteiger partial charge in [-0.1, -0.05) is 65.3 Å². The third kappa shape index (κ3) is 5.28. The van der Waals surface area contributed by atoms with E-state index in [0.717, 1.165) is 34.0 Å². The van der Waals surface area contributed by atoms with E-state index in [4.69, 9.17) is 4.74 Å². The molecule has 152 valence electrons. The van der Waals surface area contributed by atoms with Crippen LogP contribution in [0.5, 0.6) is 5.75 Å². The summed E-state index contributed by atoms with van der Waals surface area (Å²) in [6.45, 7) is 4.65. The number of carbonyl (C=O) groups is 1. The second kappa shape index (κ2) is 10.1. The minimum atomic E-state index is -0.0987. The van der Waals surface area contributed by atoms with Crippen molar-refractivity contribution in [2.75, 3.05) is 7.11 Å². The normalized spacial score (nSPS) is 18.2. The number of amidine groups is 1. The van der Waals surface area contributed by atoms with Crippen LogP contribution in [0.15, 0.2) is 57.1 Å². The number of halogens is 1. The molecule has 1 aliphatic rings. The summed E-state index contributed by atoms with van der Waals surface area (Å²) < 4.78 is 6.30. The lowest BCUT2D eigenvalue weighted by atomic mass is 10.1. The van der Waals surface area contributed by atoms with Crippen LogP contribution in [0, 0.1) is 6.92 Å². The smallest absolute Gasteiger partial charge is 0.242 e. The number of aryl methyl sites for hydroxylation is 1. The van der Waals surface area contributed by atoms with Crippen molar-refractivity contribution >= 4 is 45.0 Å². The van der Waals surface area contributed by atoms with Gasteiger partial charge in [-0.15, -0.1) is 5.10 Å². The Balaban J connectivity index is 1.87. The second-order valence-corrected chi connectivity index (χ2v) is 8.85. The number of hydrogen-bond donors (Lipinski definition) is 0. The SMILES string of the molecule is CCCC1S/C(=N/N=C/c2cc(Br)ccc2OC)N(Cc2ccccc2C)C1=O. The highest BCUT2D eigenvalue weighted by Gasteiger charge is 2.37. The Morgan fingerprint density at radius 1 is 1.28 bits per heavy atom. The number of methoxy groups -OCH3 is 1. The van der Waals surface area contributed by atoms with Crippen molar-refractivity contribution in [1.82, 2.24) is 4.90 Å². The fourth-order valence-corrected chi connectivity index (χ4v) is 4.67. The van der Waals surface area contributed by atoms with Crippen LogP contribution in [0.25, 0.3) is 0 Å². The Labute approximate surface area is 184 Å². The molecular weight excluding hydrogens is 450 g/mol. The van der Waals surface area contributed by atoms with Crippen molar-refractivity contribution < 1.29 is 9.53 Å². The molecule has 29 heavy (non-hydrogen) atoms. The van der Waals surface area contributed by atoms with E-state index in [1.54, 1.807) is 18.2 Å². The van der Waals surface area contributed by atoms with E-state index in [0.29, 0.717) is 17.5 Å². The second-order valence-electron chi connectivity index (χ2n) is 6.76. The van der Waals surface area contributed by atoms with Crippen LogP contribution < -0.4 is 4.74 Å². The zero-order valence-electron chi connectivity index (χ0n) is 16.8. The van der Waals surface area contributed by atoms with Gasteiger partial charge in [0.2, 0.25) is 5.91 Å². The number of carbonyl (C=O) groups excluding carboxylic acids is 1. The first-order valence-corrected chi connectivity index (χ1v) is 11.2. The molecule has 2 aromatic rings. The molecule has 0 N–H and O–H groups in total. The van der Waals surface area contributed by atoms with Crippen molar-refractivity contribution in [2.45, 2.75) is 38.5 Å². The first-order valence-electron chi connectivity index (χ1n) is 9.50. The van der Waals surface area contributed by atoms with Crippen molar-refractivity contribution in [3.63, 3.8) is 0 Å². The molecule has 0 radical (unpaired) electrons. The van der Waals surface area contributed by atoms with Gasteiger partial charge in [-0.25, -0.2) is 0 Å². The van der Waals surface area contributed by atoms with Gasteiger partial charge in [0.05, 0.1) is 25.1 Å². The number of hydrogen-bond acceptors (Lipinski definition) is 5. The van der Waals surface area contributed by atoms with Gasteiger partial charge < -0.3 is 4.74 Å². The maximum Gasteiger partial charge on any atom is 0.242 e. The highest BCUT2D eigenvalue weighted by Crippen LogP contribution is 2.32. The van der Waals surface area contributed by atoms with Crippen LogP contribution in [0.2, 0.25) is 0 Å². The van der Waals surface area contributed by atoms with Crippen LogP contribution in [-0.4, -0.2) is 34.5 Å². The van der Waals surface area contributed by atoms with Gasteiger partial charge in [0.1, 0.15) is 5.75 Å². The van der Waals surface area contributed by atoms with Crippen LogP contribution in [-0.2, 0) is 11.3 Å². The maximum absolute atomic E-state index is 12.9. The maximum atomic E-state index is 12.9. The van der Waals surface area contributed by atoms with E-state index in [-0.39, 0.29) is 11.2 Å². The summed E-state index contributed by atoms with van der Waals surface area (Å²) in [7, 11) is 1.62. The molecule has 0 saturated carbocycles. The van der Waals surface area contributed by atoms with Crippen molar-refractivity contribution in [1.29, 1.82) is 0 Å². The third-order valence-electron chi connectivity index (χ3n) is 4.69. The van der Waals surface area contributed by atoms with Crippen molar-refractivity contribution in [3.05, 3.63) is 63.6 Å². The number of nitrogens with zero attached hydrogens (tertiary/aromatic N) is 3. The standard InChI is InChI=1S/C22H24BrN3O2S/c1-4-7-20-21(27)26(14-16-9-6-5-8-15(16)2)22(29-20)25-24-13-17-12-18(23)10-11-19(17)28-3/h5-6,8-13,20H,4,7,14H2,1-3H3/b24-13+,25-22+. The van der Waals surface area contributed by atoms with E-state index in [1.807, 2.05) is 36.4 Å². The molecule has 3 rings (SSSR count). The monoisotopic (exact) mass is 473 g/mol. The molecule has 1 atom stereocenters. The molecule has 0 bridgehead atoms. The molecule has 1 unspecified atom stereocenters. The van der Waals surface area contributed by atoms with E-state index in [9.17, 15) is 4.79 Å². The molecule has 5 nitrogen and oxygen atoms in total. The Morgan fingerprint density at radius 2 is 2.07 bits per heavy atom. The summed E-state index contributed by atoms with van der Waals surface area (Å²) in [5.74, 6) is 0.821. The van der Waals surface area contributed by atoms with Gasteiger partial charge in [0.25, 0.3) is 0 Å². The molecule has 0 aromatic heterocycles. The van der Waals surface area contributed by atoms with Crippen LogP contribution in [0.4, 0.5) is 0 Å². The minimum absolute atomic E-state index is 0.0987. The summed E-state index contributed by atoms with van der Waals surface area (Å²) in [6.07, 6.45) is 3.43. The molecule has 2 aromatic carbocycles. The van der Waals surface area contributed by atoms with Gasteiger partial charge in [-0.05, 0) is 42.7 Å². The average Bonchev–Trinajstić information content (AvgIpc) is 2.99. The molecule has 7 heteroatoms. The summed E-state index contributed by atoms with van der Waals surface area (Å²) in [5, 5.41) is 9.20. The number of ether oxygens (including phenoxy) is 1. The van der Waals surface area contributed by atoms with Crippen LogP contribution >= 0.6 is 27.7 Å². The van der Waals surface area contributed by atoms with E-state index < -0.39 is 0 Å². The van der Waals surface area contributed by atoms with E-state index >= 15 is 0 Å². The highest BCUT2D eigenvalue weighted by atomic mass is 79.9. The predicted molar refractivity (Wildman–Crippen MR) is 124 cm³/mol. The van der Waals surface area contributed by atoms with Gasteiger partial charge in [-0.3, -0.25) is 9.69 Å².